The lowest BCUT2D eigenvalue weighted by molar-refractivity contribution is -0.142. The van der Waals surface area contributed by atoms with Gasteiger partial charge in [0.2, 0.25) is 0 Å². The molecule has 2 N–H and O–H groups in total. The second-order valence-electron chi connectivity index (χ2n) is 6.20. The van der Waals surface area contributed by atoms with Gasteiger partial charge in [-0.15, -0.1) is 0 Å². The molecule has 1 saturated heterocycles. The molecule has 0 amide bonds. The summed E-state index contributed by atoms with van der Waals surface area (Å²) < 4.78 is 28.1. The van der Waals surface area contributed by atoms with Crippen molar-refractivity contribution in [3.8, 4) is 0 Å². The predicted molar refractivity (Wildman–Crippen MR) is 70.8 cm³/mol. The molecule has 0 aromatic heterocycles. The van der Waals surface area contributed by atoms with Gasteiger partial charge in [0.25, 0.3) is 10.2 Å². The monoisotopic (exact) mass is 290 g/mol. The molecule has 0 aromatic carbocycles. The number of carboxylic acids is 1. The first-order chi connectivity index (χ1) is 8.74. The summed E-state index contributed by atoms with van der Waals surface area (Å²) in [4.78, 5) is 11.1. The van der Waals surface area contributed by atoms with E-state index in [2.05, 4.69) is 18.6 Å². The highest BCUT2D eigenvalue weighted by Crippen LogP contribution is 2.51. The fourth-order valence-corrected chi connectivity index (χ4v) is 4.13. The number of nitrogens with zero attached hydrogens (tertiary/aromatic N) is 1. The summed E-state index contributed by atoms with van der Waals surface area (Å²) in [6, 6.07) is -0.918. The van der Waals surface area contributed by atoms with Gasteiger partial charge in [-0.1, -0.05) is 13.8 Å². The van der Waals surface area contributed by atoms with Crippen LogP contribution in [0.4, 0.5) is 0 Å². The molecule has 0 bridgehead atoms. The molecule has 2 aliphatic rings. The Hall–Kier alpha value is -0.660. The quantitative estimate of drug-likeness (QED) is 0.784. The van der Waals surface area contributed by atoms with E-state index in [1.807, 2.05) is 0 Å². The van der Waals surface area contributed by atoms with Crippen molar-refractivity contribution in [2.45, 2.75) is 45.6 Å². The number of hydrogen-bond acceptors (Lipinski definition) is 3. The molecule has 1 saturated carbocycles. The van der Waals surface area contributed by atoms with E-state index in [1.165, 1.54) is 0 Å². The molecule has 19 heavy (non-hydrogen) atoms. The molecule has 0 spiro atoms. The lowest BCUT2D eigenvalue weighted by Crippen LogP contribution is -2.52. The number of aliphatic carboxylic acids is 1. The molecule has 2 atom stereocenters. The first-order valence-electron chi connectivity index (χ1n) is 6.73. The van der Waals surface area contributed by atoms with Crippen molar-refractivity contribution in [2.75, 3.05) is 13.1 Å². The summed E-state index contributed by atoms with van der Waals surface area (Å²) in [5.74, 6) is -0.702. The molecule has 1 aliphatic heterocycles. The van der Waals surface area contributed by atoms with Gasteiger partial charge in [-0.05, 0) is 37.0 Å². The van der Waals surface area contributed by atoms with Gasteiger partial charge in [-0.25, -0.2) is 4.72 Å². The van der Waals surface area contributed by atoms with E-state index in [0.717, 1.165) is 23.6 Å². The predicted octanol–water partition coefficient (Wildman–Crippen LogP) is 0.806. The van der Waals surface area contributed by atoms with E-state index in [-0.39, 0.29) is 5.41 Å². The van der Waals surface area contributed by atoms with Gasteiger partial charge in [0.15, 0.2) is 0 Å². The number of carbonyl (C=O) groups is 1. The second-order valence-corrected chi connectivity index (χ2v) is 7.91. The van der Waals surface area contributed by atoms with Gasteiger partial charge in [-0.3, -0.25) is 4.79 Å². The summed E-state index contributed by atoms with van der Waals surface area (Å²) in [6.07, 6.45) is 2.89. The van der Waals surface area contributed by atoms with E-state index in [0.29, 0.717) is 25.4 Å². The summed E-state index contributed by atoms with van der Waals surface area (Å²) in [7, 11) is -3.68. The number of rotatable bonds is 5. The highest BCUT2D eigenvalue weighted by molar-refractivity contribution is 7.87. The molecular formula is C12H22N2O4S. The molecule has 7 heteroatoms. The molecule has 110 valence electrons. The van der Waals surface area contributed by atoms with Gasteiger partial charge in [0.05, 0.1) is 0 Å². The Morgan fingerprint density at radius 2 is 2.05 bits per heavy atom. The van der Waals surface area contributed by atoms with E-state index >= 15 is 0 Å². The minimum Gasteiger partial charge on any atom is -0.480 e. The molecule has 2 rings (SSSR count). The highest BCUT2D eigenvalue weighted by Gasteiger charge is 2.46. The Kier molecular flexibility index (Phi) is 3.90. The third-order valence-electron chi connectivity index (χ3n) is 4.28. The van der Waals surface area contributed by atoms with Crippen molar-refractivity contribution in [3.63, 3.8) is 0 Å². The Bertz CT molecular complexity index is 460. The number of piperidine rings is 1. The Labute approximate surface area is 114 Å². The van der Waals surface area contributed by atoms with Gasteiger partial charge >= 0.3 is 5.97 Å². The van der Waals surface area contributed by atoms with Crippen LogP contribution in [0.15, 0.2) is 0 Å². The average molecular weight is 290 g/mol. The van der Waals surface area contributed by atoms with Crippen molar-refractivity contribution in [1.82, 2.24) is 9.03 Å². The SMILES string of the molecule is CC1(C)CC1CNS(=O)(=O)N1CCCCC1C(=O)O. The third kappa shape index (κ3) is 3.27. The zero-order chi connectivity index (χ0) is 14.3. The molecule has 6 nitrogen and oxygen atoms in total. The van der Waals surface area contributed by atoms with Crippen molar-refractivity contribution < 1.29 is 18.3 Å². The number of hydrogen-bond donors (Lipinski definition) is 2. The van der Waals surface area contributed by atoms with Crippen LogP contribution in [0.25, 0.3) is 0 Å². The van der Waals surface area contributed by atoms with Gasteiger partial charge in [0.1, 0.15) is 6.04 Å². The van der Waals surface area contributed by atoms with Crippen LogP contribution in [0.5, 0.6) is 0 Å². The van der Waals surface area contributed by atoms with Crippen LogP contribution in [0.1, 0.15) is 39.5 Å². The molecule has 2 unspecified atom stereocenters. The van der Waals surface area contributed by atoms with Crippen molar-refractivity contribution in [3.05, 3.63) is 0 Å². The van der Waals surface area contributed by atoms with Crippen LogP contribution in [0.3, 0.4) is 0 Å². The summed E-state index contributed by atoms with van der Waals surface area (Å²) >= 11 is 0. The molecule has 0 aromatic rings. The van der Waals surface area contributed by atoms with E-state index in [1.54, 1.807) is 0 Å². The van der Waals surface area contributed by atoms with E-state index < -0.39 is 22.2 Å². The summed E-state index contributed by atoms with van der Waals surface area (Å²) in [5.41, 5.74) is 0.205. The van der Waals surface area contributed by atoms with E-state index in [4.69, 9.17) is 5.11 Å². The summed E-state index contributed by atoms with van der Waals surface area (Å²) in [6.45, 7) is 4.90. The van der Waals surface area contributed by atoms with Crippen LogP contribution in [-0.2, 0) is 15.0 Å². The molecular weight excluding hydrogens is 268 g/mol. The average Bonchev–Trinajstić information content (AvgIpc) is 2.95. The Balaban J connectivity index is 1.99. The van der Waals surface area contributed by atoms with Gasteiger partial charge in [0, 0.05) is 13.1 Å². The van der Waals surface area contributed by atoms with Crippen molar-refractivity contribution in [1.29, 1.82) is 0 Å². The van der Waals surface area contributed by atoms with Crippen molar-refractivity contribution in [2.24, 2.45) is 11.3 Å². The van der Waals surface area contributed by atoms with Crippen molar-refractivity contribution >= 4 is 16.2 Å². The lowest BCUT2D eigenvalue weighted by atomic mass is 10.1. The van der Waals surface area contributed by atoms with Gasteiger partial charge < -0.3 is 5.11 Å². The van der Waals surface area contributed by atoms with Crippen LogP contribution < -0.4 is 4.72 Å². The smallest absolute Gasteiger partial charge is 0.322 e. The zero-order valence-corrected chi connectivity index (χ0v) is 12.2. The number of carboxylic acid groups (broad SMARTS) is 1. The maximum absolute atomic E-state index is 12.2. The number of nitrogens with one attached hydrogen (secondary N) is 1. The Morgan fingerprint density at radius 1 is 1.42 bits per heavy atom. The van der Waals surface area contributed by atoms with Crippen LogP contribution in [0.2, 0.25) is 0 Å². The highest BCUT2D eigenvalue weighted by atomic mass is 32.2. The first kappa shape index (κ1) is 14.7. The molecule has 1 heterocycles. The van der Waals surface area contributed by atoms with Gasteiger partial charge in [-0.2, -0.15) is 12.7 Å². The lowest BCUT2D eigenvalue weighted by Gasteiger charge is -2.31. The van der Waals surface area contributed by atoms with Crippen LogP contribution in [-0.4, -0.2) is 42.9 Å². The maximum Gasteiger partial charge on any atom is 0.322 e. The summed E-state index contributed by atoms with van der Waals surface area (Å²) in [5, 5.41) is 9.11. The largest absolute Gasteiger partial charge is 0.480 e. The van der Waals surface area contributed by atoms with E-state index in [9.17, 15) is 13.2 Å². The fourth-order valence-electron chi connectivity index (χ4n) is 2.65. The zero-order valence-electron chi connectivity index (χ0n) is 11.4. The topological polar surface area (TPSA) is 86.7 Å². The fraction of sp³-hybridized carbons (Fsp3) is 0.917. The Morgan fingerprint density at radius 3 is 2.58 bits per heavy atom. The first-order valence-corrected chi connectivity index (χ1v) is 8.17. The third-order valence-corrected chi connectivity index (χ3v) is 5.86. The molecule has 0 radical (unpaired) electrons. The minimum absolute atomic E-state index is 0.205. The van der Waals surface area contributed by atoms with Crippen LogP contribution >= 0.6 is 0 Å². The normalized spacial score (nSPS) is 31.1. The minimum atomic E-state index is -3.68. The second kappa shape index (κ2) is 5.03. The maximum atomic E-state index is 12.2. The molecule has 2 fully saturated rings. The standard InChI is InChI=1S/C12H22N2O4S/c1-12(2)7-9(12)8-13-19(17,18)14-6-4-3-5-10(14)11(15)16/h9-10,13H,3-8H2,1-2H3,(H,15,16). The van der Waals surface area contributed by atoms with Crippen LogP contribution in [0, 0.1) is 11.3 Å². The molecule has 1 aliphatic carbocycles.